The first kappa shape index (κ1) is 10.6. The van der Waals surface area contributed by atoms with Crippen LogP contribution in [0.25, 0.3) is 0 Å². The van der Waals surface area contributed by atoms with E-state index >= 15 is 0 Å². The third kappa shape index (κ3) is 7.49. The van der Waals surface area contributed by atoms with Gasteiger partial charge in [-0.3, -0.25) is 4.79 Å². The second-order valence-corrected chi connectivity index (χ2v) is 2.33. The summed E-state index contributed by atoms with van der Waals surface area (Å²) in [5.41, 5.74) is 0. The molecule has 0 aromatic carbocycles. The molecule has 0 rings (SSSR count). The summed E-state index contributed by atoms with van der Waals surface area (Å²) in [6.45, 7) is 2.87. The van der Waals surface area contributed by atoms with E-state index in [0.717, 1.165) is 6.42 Å². The molecule has 0 radical (unpaired) electrons. The van der Waals surface area contributed by atoms with Gasteiger partial charge in [-0.1, -0.05) is 6.92 Å². The molecule has 0 saturated carbocycles. The highest BCUT2D eigenvalue weighted by Gasteiger charge is 1.96. The van der Waals surface area contributed by atoms with Crippen LogP contribution in [0.4, 0.5) is 0 Å². The van der Waals surface area contributed by atoms with Gasteiger partial charge in [0.25, 0.3) is 0 Å². The highest BCUT2D eigenvalue weighted by atomic mass is 16.5. The van der Waals surface area contributed by atoms with Crippen molar-refractivity contribution in [3.63, 3.8) is 0 Å². The SMILES string of the molecule is CCC(=O)CCCOCCO. The van der Waals surface area contributed by atoms with Gasteiger partial charge in [-0.2, -0.15) is 0 Å². The van der Waals surface area contributed by atoms with Gasteiger partial charge in [0.1, 0.15) is 5.78 Å². The van der Waals surface area contributed by atoms with Crippen molar-refractivity contribution in [3.8, 4) is 0 Å². The van der Waals surface area contributed by atoms with Gasteiger partial charge in [0.05, 0.1) is 13.2 Å². The van der Waals surface area contributed by atoms with E-state index in [1.807, 2.05) is 6.92 Å². The zero-order chi connectivity index (χ0) is 8.53. The number of Topliss-reactive ketones (excluding diaryl/α,β-unsaturated/α-hetero) is 1. The Kier molecular flexibility index (Phi) is 7.41. The van der Waals surface area contributed by atoms with Gasteiger partial charge in [0.2, 0.25) is 0 Å². The van der Waals surface area contributed by atoms with Crippen LogP contribution in [0.15, 0.2) is 0 Å². The van der Waals surface area contributed by atoms with Crippen molar-refractivity contribution < 1.29 is 14.6 Å². The van der Waals surface area contributed by atoms with Crippen molar-refractivity contribution in [3.05, 3.63) is 0 Å². The van der Waals surface area contributed by atoms with Crippen molar-refractivity contribution in [1.82, 2.24) is 0 Å². The van der Waals surface area contributed by atoms with Crippen LogP contribution in [0.2, 0.25) is 0 Å². The molecule has 0 bridgehead atoms. The van der Waals surface area contributed by atoms with Crippen LogP contribution in [0.3, 0.4) is 0 Å². The van der Waals surface area contributed by atoms with E-state index in [2.05, 4.69) is 0 Å². The number of aliphatic hydroxyl groups excluding tert-OH is 1. The third-order valence-electron chi connectivity index (χ3n) is 1.37. The molecular formula is C8H16O3. The van der Waals surface area contributed by atoms with E-state index in [1.165, 1.54) is 0 Å². The highest BCUT2D eigenvalue weighted by molar-refractivity contribution is 5.77. The molecule has 1 N–H and O–H groups in total. The molecule has 0 fully saturated rings. The van der Waals surface area contributed by atoms with Crippen molar-refractivity contribution in [2.75, 3.05) is 19.8 Å². The van der Waals surface area contributed by atoms with E-state index in [-0.39, 0.29) is 12.4 Å². The lowest BCUT2D eigenvalue weighted by atomic mass is 10.2. The van der Waals surface area contributed by atoms with Crippen LogP contribution in [-0.2, 0) is 9.53 Å². The molecule has 0 atom stereocenters. The van der Waals surface area contributed by atoms with Crippen LogP contribution < -0.4 is 0 Å². The molecule has 0 aliphatic heterocycles. The van der Waals surface area contributed by atoms with Crippen molar-refractivity contribution >= 4 is 5.78 Å². The first-order valence-electron chi connectivity index (χ1n) is 4.01. The summed E-state index contributed by atoms with van der Waals surface area (Å²) < 4.78 is 4.98. The van der Waals surface area contributed by atoms with E-state index < -0.39 is 0 Å². The second kappa shape index (κ2) is 7.69. The predicted octanol–water partition coefficient (Wildman–Crippen LogP) is 0.755. The van der Waals surface area contributed by atoms with Gasteiger partial charge >= 0.3 is 0 Å². The second-order valence-electron chi connectivity index (χ2n) is 2.33. The fourth-order valence-corrected chi connectivity index (χ4v) is 0.715. The number of rotatable bonds is 7. The molecule has 0 aromatic rings. The first-order chi connectivity index (χ1) is 5.31. The Morgan fingerprint density at radius 2 is 2.18 bits per heavy atom. The summed E-state index contributed by atoms with van der Waals surface area (Å²) >= 11 is 0. The zero-order valence-electron chi connectivity index (χ0n) is 7.01. The van der Waals surface area contributed by atoms with Crippen LogP contribution in [-0.4, -0.2) is 30.7 Å². The number of aliphatic hydroxyl groups is 1. The van der Waals surface area contributed by atoms with Gasteiger partial charge in [0, 0.05) is 19.4 Å². The third-order valence-corrected chi connectivity index (χ3v) is 1.37. The monoisotopic (exact) mass is 160 g/mol. The van der Waals surface area contributed by atoms with Gasteiger partial charge in [-0.25, -0.2) is 0 Å². The standard InChI is InChI=1S/C8H16O3/c1-2-8(10)4-3-6-11-7-5-9/h9H,2-7H2,1H3. The van der Waals surface area contributed by atoms with Crippen LogP contribution in [0.1, 0.15) is 26.2 Å². The maximum Gasteiger partial charge on any atom is 0.132 e. The Labute approximate surface area is 67.4 Å². The molecule has 0 heterocycles. The molecule has 0 spiro atoms. The van der Waals surface area contributed by atoms with Crippen molar-refractivity contribution in [2.24, 2.45) is 0 Å². The van der Waals surface area contributed by atoms with Crippen molar-refractivity contribution in [2.45, 2.75) is 26.2 Å². The van der Waals surface area contributed by atoms with Crippen molar-refractivity contribution in [1.29, 1.82) is 0 Å². The Bertz CT molecular complexity index is 102. The maximum atomic E-state index is 10.7. The Morgan fingerprint density at radius 1 is 1.45 bits per heavy atom. The largest absolute Gasteiger partial charge is 0.394 e. The maximum absolute atomic E-state index is 10.7. The molecule has 0 amide bonds. The van der Waals surface area contributed by atoms with Gasteiger partial charge < -0.3 is 9.84 Å². The van der Waals surface area contributed by atoms with Crippen LogP contribution in [0.5, 0.6) is 0 Å². The summed E-state index contributed by atoms with van der Waals surface area (Å²) in [6.07, 6.45) is 1.98. The number of carbonyl (C=O) groups excluding carboxylic acids is 1. The Hall–Kier alpha value is -0.410. The predicted molar refractivity (Wildman–Crippen MR) is 42.4 cm³/mol. The molecule has 3 heteroatoms. The molecular weight excluding hydrogens is 144 g/mol. The molecule has 0 aromatic heterocycles. The lowest BCUT2D eigenvalue weighted by Gasteiger charge is -1.99. The number of ether oxygens (including phenoxy) is 1. The molecule has 0 aliphatic rings. The summed E-state index contributed by atoms with van der Waals surface area (Å²) in [7, 11) is 0. The number of hydrogen-bond donors (Lipinski definition) is 1. The molecule has 0 saturated heterocycles. The van der Waals surface area contributed by atoms with Gasteiger partial charge in [-0.15, -0.1) is 0 Å². The molecule has 0 unspecified atom stereocenters. The number of hydrogen-bond acceptors (Lipinski definition) is 3. The number of carbonyl (C=O) groups is 1. The topological polar surface area (TPSA) is 46.5 Å². The van der Waals surface area contributed by atoms with E-state index in [0.29, 0.717) is 26.1 Å². The molecule has 11 heavy (non-hydrogen) atoms. The smallest absolute Gasteiger partial charge is 0.132 e. The number of ketones is 1. The minimum Gasteiger partial charge on any atom is -0.394 e. The lowest BCUT2D eigenvalue weighted by molar-refractivity contribution is -0.119. The fraction of sp³-hybridized carbons (Fsp3) is 0.875. The Balaban J connectivity index is 2.95. The molecule has 66 valence electrons. The highest BCUT2D eigenvalue weighted by Crippen LogP contribution is 1.94. The fourth-order valence-electron chi connectivity index (χ4n) is 0.715. The summed E-state index contributed by atoms with van der Waals surface area (Å²) in [6, 6.07) is 0. The quantitative estimate of drug-likeness (QED) is 0.559. The van der Waals surface area contributed by atoms with E-state index in [1.54, 1.807) is 0 Å². The molecule has 3 nitrogen and oxygen atoms in total. The van der Waals surface area contributed by atoms with Crippen LogP contribution in [0, 0.1) is 0 Å². The minimum atomic E-state index is 0.0573. The summed E-state index contributed by atoms with van der Waals surface area (Å²) in [4.78, 5) is 10.7. The van der Waals surface area contributed by atoms with E-state index in [4.69, 9.17) is 9.84 Å². The average Bonchev–Trinajstić information content (AvgIpc) is 2.04. The summed E-state index contributed by atoms with van der Waals surface area (Å²) in [5, 5.41) is 8.33. The minimum absolute atomic E-state index is 0.0573. The summed E-state index contributed by atoms with van der Waals surface area (Å²) in [5.74, 6) is 0.276. The first-order valence-corrected chi connectivity index (χ1v) is 4.01. The average molecular weight is 160 g/mol. The molecule has 0 aliphatic carbocycles. The normalized spacial score (nSPS) is 10.0. The zero-order valence-corrected chi connectivity index (χ0v) is 7.01. The van der Waals surface area contributed by atoms with Crippen LogP contribution >= 0.6 is 0 Å². The van der Waals surface area contributed by atoms with E-state index in [9.17, 15) is 4.79 Å². The van der Waals surface area contributed by atoms with Gasteiger partial charge in [0.15, 0.2) is 0 Å². The Morgan fingerprint density at radius 3 is 2.73 bits per heavy atom. The van der Waals surface area contributed by atoms with Gasteiger partial charge in [-0.05, 0) is 6.42 Å². The lowest BCUT2D eigenvalue weighted by Crippen LogP contribution is -2.03.